The SMILES string of the molecule is c1cc2c(c(-c3cnno3)c1)NN(c1cnno1)N2. The van der Waals surface area contributed by atoms with Crippen LogP contribution >= 0.6 is 0 Å². The Morgan fingerprint density at radius 2 is 1.89 bits per heavy atom. The Bertz CT molecular complexity index is 695. The molecule has 1 aliphatic heterocycles. The van der Waals surface area contributed by atoms with E-state index in [1.807, 2.05) is 18.2 Å². The summed E-state index contributed by atoms with van der Waals surface area (Å²) < 4.78 is 10.0. The van der Waals surface area contributed by atoms with Crippen molar-refractivity contribution in [3.8, 4) is 11.3 Å². The lowest BCUT2D eigenvalue weighted by atomic mass is 10.1. The molecule has 0 unspecified atom stereocenters. The molecule has 0 fully saturated rings. The molecule has 0 saturated heterocycles. The van der Waals surface area contributed by atoms with Gasteiger partial charge in [-0.2, -0.15) is 5.12 Å². The average molecular weight is 257 g/mol. The van der Waals surface area contributed by atoms with Gasteiger partial charge in [0.15, 0.2) is 5.76 Å². The van der Waals surface area contributed by atoms with Crippen LogP contribution in [0, 0.1) is 0 Å². The van der Waals surface area contributed by atoms with Crippen LogP contribution in [0.1, 0.15) is 0 Å². The summed E-state index contributed by atoms with van der Waals surface area (Å²) in [4.78, 5) is 0. The second-order valence-electron chi connectivity index (χ2n) is 3.82. The van der Waals surface area contributed by atoms with Crippen LogP contribution < -0.4 is 16.0 Å². The van der Waals surface area contributed by atoms with Gasteiger partial charge in [0.1, 0.15) is 6.20 Å². The van der Waals surface area contributed by atoms with Crippen LogP contribution in [0.15, 0.2) is 39.6 Å². The number of anilines is 3. The van der Waals surface area contributed by atoms with Gasteiger partial charge in [0.2, 0.25) is 0 Å². The van der Waals surface area contributed by atoms with Crippen molar-refractivity contribution in [2.45, 2.75) is 0 Å². The van der Waals surface area contributed by atoms with Gasteiger partial charge < -0.3 is 9.05 Å². The maximum Gasteiger partial charge on any atom is 0.285 e. The minimum atomic E-state index is 0.442. The smallest absolute Gasteiger partial charge is 0.285 e. The van der Waals surface area contributed by atoms with E-state index in [0.29, 0.717) is 11.6 Å². The van der Waals surface area contributed by atoms with Gasteiger partial charge in [0.25, 0.3) is 5.88 Å². The van der Waals surface area contributed by atoms with Gasteiger partial charge in [0, 0.05) is 16.1 Å². The average Bonchev–Trinajstić information content (AvgIpc) is 3.18. The highest BCUT2D eigenvalue weighted by Gasteiger charge is 2.24. The standard InChI is InChI=1S/C10H7N7O2/c1-2-6(8-4-11-15-18-8)10-7(3-1)13-17(14-10)9-5-12-16-19-9/h1-5,13-14H. The van der Waals surface area contributed by atoms with Crippen LogP contribution in [0.25, 0.3) is 11.3 Å². The third-order valence-electron chi connectivity index (χ3n) is 2.72. The number of aromatic nitrogens is 4. The first kappa shape index (κ1) is 9.88. The Morgan fingerprint density at radius 3 is 2.68 bits per heavy atom. The van der Waals surface area contributed by atoms with Gasteiger partial charge in [-0.15, -0.1) is 10.2 Å². The van der Waals surface area contributed by atoms with Crippen molar-refractivity contribution < 1.29 is 9.05 Å². The number of benzene rings is 1. The van der Waals surface area contributed by atoms with Crippen molar-refractivity contribution in [1.29, 1.82) is 0 Å². The van der Waals surface area contributed by atoms with Gasteiger partial charge in [-0.05, 0) is 12.1 Å². The van der Waals surface area contributed by atoms with Crippen LogP contribution in [0.3, 0.4) is 0 Å². The van der Waals surface area contributed by atoms with E-state index in [1.54, 1.807) is 11.3 Å². The fraction of sp³-hybridized carbons (Fsp3) is 0. The Hall–Kier alpha value is -3.10. The Labute approximate surface area is 106 Å². The molecule has 0 radical (unpaired) electrons. The molecule has 0 spiro atoms. The molecule has 0 bridgehead atoms. The first-order valence-electron chi connectivity index (χ1n) is 5.43. The number of rotatable bonds is 2. The van der Waals surface area contributed by atoms with Crippen molar-refractivity contribution in [1.82, 2.24) is 20.7 Å². The van der Waals surface area contributed by atoms with E-state index in [1.165, 1.54) is 6.20 Å². The molecular formula is C10H7N7O2. The summed E-state index contributed by atoms with van der Waals surface area (Å²) in [7, 11) is 0. The summed E-state index contributed by atoms with van der Waals surface area (Å²) in [5.74, 6) is 1.02. The fourth-order valence-electron chi connectivity index (χ4n) is 1.89. The third-order valence-corrected chi connectivity index (χ3v) is 2.72. The minimum Gasteiger partial charge on any atom is -0.337 e. The molecule has 3 aromatic rings. The molecule has 19 heavy (non-hydrogen) atoms. The number of fused-ring (bicyclic) bond motifs is 1. The van der Waals surface area contributed by atoms with Gasteiger partial charge >= 0.3 is 0 Å². The third kappa shape index (κ3) is 1.48. The summed E-state index contributed by atoms with van der Waals surface area (Å²) >= 11 is 0. The predicted molar refractivity (Wildman–Crippen MR) is 63.8 cm³/mol. The predicted octanol–water partition coefficient (Wildman–Crippen LogP) is 1.29. The molecule has 3 heterocycles. The molecule has 0 amide bonds. The summed E-state index contributed by atoms with van der Waals surface area (Å²) in [5.41, 5.74) is 8.77. The number of nitrogens with one attached hydrogen (secondary N) is 2. The lowest BCUT2D eigenvalue weighted by Gasteiger charge is -2.13. The highest BCUT2D eigenvalue weighted by molar-refractivity contribution is 5.89. The molecule has 1 aromatic carbocycles. The second-order valence-corrected chi connectivity index (χ2v) is 3.82. The molecule has 0 atom stereocenters. The first-order chi connectivity index (χ1) is 9.42. The lowest BCUT2D eigenvalue weighted by molar-refractivity contribution is 0.397. The van der Waals surface area contributed by atoms with Gasteiger partial charge in [-0.1, -0.05) is 6.07 Å². The number of hydrazine groups is 2. The molecule has 4 rings (SSSR count). The Balaban J connectivity index is 1.76. The van der Waals surface area contributed by atoms with E-state index in [0.717, 1.165) is 16.9 Å². The lowest BCUT2D eigenvalue weighted by Crippen LogP contribution is -2.28. The first-order valence-corrected chi connectivity index (χ1v) is 5.43. The van der Waals surface area contributed by atoms with Crippen LogP contribution in [0.4, 0.5) is 17.3 Å². The number of hydrogen-bond donors (Lipinski definition) is 2. The van der Waals surface area contributed by atoms with Gasteiger partial charge in [-0.3, -0.25) is 10.9 Å². The maximum atomic E-state index is 5.08. The van der Waals surface area contributed by atoms with Crippen LogP contribution in [-0.4, -0.2) is 20.7 Å². The van der Waals surface area contributed by atoms with Crippen molar-refractivity contribution in [2.24, 2.45) is 0 Å². The zero-order valence-corrected chi connectivity index (χ0v) is 9.44. The molecule has 94 valence electrons. The Morgan fingerprint density at radius 1 is 1.00 bits per heavy atom. The highest BCUT2D eigenvalue weighted by atomic mass is 16.5. The monoisotopic (exact) mass is 257 g/mol. The molecular weight excluding hydrogens is 250 g/mol. The van der Waals surface area contributed by atoms with E-state index in [-0.39, 0.29) is 0 Å². The van der Waals surface area contributed by atoms with Crippen molar-refractivity contribution >= 4 is 17.3 Å². The number of nitrogens with zero attached hydrogens (tertiary/aromatic N) is 5. The molecule has 1 aliphatic rings. The van der Waals surface area contributed by atoms with Crippen LogP contribution in [-0.2, 0) is 0 Å². The van der Waals surface area contributed by atoms with Crippen molar-refractivity contribution in [3.05, 3.63) is 30.6 Å². The summed E-state index contributed by atoms with van der Waals surface area (Å²) in [6, 6.07) is 5.71. The normalized spacial score (nSPS) is 12.9. The van der Waals surface area contributed by atoms with Crippen LogP contribution in [0.2, 0.25) is 0 Å². The van der Waals surface area contributed by atoms with Crippen molar-refractivity contribution in [2.75, 3.05) is 16.0 Å². The number of para-hydroxylation sites is 1. The molecule has 0 saturated carbocycles. The summed E-state index contributed by atoms with van der Waals surface area (Å²) in [6.45, 7) is 0. The van der Waals surface area contributed by atoms with E-state index in [9.17, 15) is 0 Å². The fourth-order valence-corrected chi connectivity index (χ4v) is 1.89. The summed E-state index contributed by atoms with van der Waals surface area (Å²) in [6.07, 6.45) is 3.04. The quantitative estimate of drug-likeness (QED) is 0.702. The molecule has 2 aromatic heterocycles. The Kier molecular flexibility index (Phi) is 1.92. The summed E-state index contributed by atoms with van der Waals surface area (Å²) in [5, 5.41) is 15.8. The van der Waals surface area contributed by atoms with Crippen molar-refractivity contribution in [3.63, 3.8) is 0 Å². The molecule has 2 N–H and O–H groups in total. The maximum absolute atomic E-state index is 5.08. The van der Waals surface area contributed by atoms with Gasteiger partial charge in [-0.25, -0.2) is 0 Å². The second kappa shape index (κ2) is 3.70. The number of hydrogen-bond acceptors (Lipinski definition) is 9. The van der Waals surface area contributed by atoms with Gasteiger partial charge in [0.05, 0.1) is 17.6 Å². The van der Waals surface area contributed by atoms with Crippen LogP contribution in [0.5, 0.6) is 0 Å². The van der Waals surface area contributed by atoms with E-state index < -0.39 is 0 Å². The zero-order chi connectivity index (χ0) is 12.7. The molecule has 0 aliphatic carbocycles. The largest absolute Gasteiger partial charge is 0.337 e. The molecule has 9 nitrogen and oxygen atoms in total. The highest BCUT2D eigenvalue weighted by Crippen LogP contribution is 2.38. The molecule has 9 heteroatoms. The van der Waals surface area contributed by atoms with E-state index in [2.05, 4.69) is 31.6 Å². The minimum absolute atomic E-state index is 0.442. The van der Waals surface area contributed by atoms with E-state index in [4.69, 9.17) is 9.05 Å². The van der Waals surface area contributed by atoms with E-state index >= 15 is 0 Å². The topological polar surface area (TPSA) is 105 Å². The zero-order valence-electron chi connectivity index (χ0n) is 9.44.